The monoisotopic (exact) mass is 334 g/mol. The molecule has 0 aliphatic rings. The van der Waals surface area contributed by atoms with Crippen molar-refractivity contribution < 1.29 is 14.3 Å². The van der Waals surface area contributed by atoms with Gasteiger partial charge in [0.25, 0.3) is 5.91 Å². The first-order chi connectivity index (χ1) is 12.1. The van der Waals surface area contributed by atoms with E-state index in [1.165, 1.54) is 16.9 Å². The summed E-state index contributed by atoms with van der Waals surface area (Å²) in [4.78, 5) is 21.0. The molecule has 0 aliphatic heterocycles. The third-order valence-electron chi connectivity index (χ3n) is 3.84. The van der Waals surface area contributed by atoms with Gasteiger partial charge in [-0.15, -0.1) is 0 Å². The Morgan fingerprint density at radius 1 is 1.24 bits per heavy atom. The summed E-state index contributed by atoms with van der Waals surface area (Å²) in [5.74, 6) is -0.257. The fraction of sp³-hybridized carbons (Fsp3) is 0.0556. The Labute approximate surface area is 142 Å². The summed E-state index contributed by atoms with van der Waals surface area (Å²) in [6.07, 6.45) is 4.54. The van der Waals surface area contributed by atoms with Crippen LogP contribution >= 0.6 is 0 Å². The number of benzene rings is 1. The van der Waals surface area contributed by atoms with E-state index in [2.05, 4.69) is 15.3 Å². The number of carbonyl (C=O) groups excluding carboxylic acids is 1. The number of nitrogens with zero attached hydrogens (tertiary/aromatic N) is 3. The van der Waals surface area contributed by atoms with E-state index < -0.39 is 0 Å². The summed E-state index contributed by atoms with van der Waals surface area (Å²) in [6, 6.07) is 10.4. The van der Waals surface area contributed by atoms with Crippen molar-refractivity contribution in [1.29, 1.82) is 0 Å². The molecule has 0 fully saturated rings. The van der Waals surface area contributed by atoms with Crippen LogP contribution in [0, 0.1) is 6.92 Å². The zero-order valence-electron chi connectivity index (χ0n) is 13.3. The molecule has 3 aromatic heterocycles. The maximum atomic E-state index is 12.6. The van der Waals surface area contributed by atoms with Crippen LogP contribution < -0.4 is 5.32 Å². The first-order valence-electron chi connectivity index (χ1n) is 7.59. The molecule has 2 N–H and O–H groups in total. The fourth-order valence-corrected chi connectivity index (χ4v) is 2.63. The van der Waals surface area contributed by atoms with Gasteiger partial charge >= 0.3 is 0 Å². The maximum Gasteiger partial charge on any atom is 0.259 e. The summed E-state index contributed by atoms with van der Waals surface area (Å²) in [6.45, 7) is 1.76. The third kappa shape index (κ3) is 2.72. The lowest BCUT2D eigenvalue weighted by Gasteiger charge is -2.06. The van der Waals surface area contributed by atoms with Crippen LogP contribution in [0.25, 0.3) is 16.9 Å². The molecule has 1 aromatic carbocycles. The predicted octanol–water partition coefficient (Wildman–Crippen LogP) is 3.26. The molecule has 124 valence electrons. The molecule has 0 unspecified atom stereocenters. The van der Waals surface area contributed by atoms with Gasteiger partial charge < -0.3 is 14.8 Å². The van der Waals surface area contributed by atoms with Crippen LogP contribution in [-0.4, -0.2) is 25.4 Å². The molecule has 0 spiro atoms. The number of nitrogens with one attached hydrogen (secondary N) is 1. The lowest BCUT2D eigenvalue weighted by Crippen LogP contribution is -2.12. The predicted molar refractivity (Wildman–Crippen MR) is 91.5 cm³/mol. The Bertz CT molecular complexity index is 1050. The summed E-state index contributed by atoms with van der Waals surface area (Å²) >= 11 is 0. The van der Waals surface area contributed by atoms with Gasteiger partial charge in [-0.05, 0) is 25.1 Å². The number of hydrogen-bond acceptors (Lipinski definition) is 5. The average Bonchev–Trinajstić information content (AvgIpc) is 3.25. The number of oxazole rings is 1. The van der Waals surface area contributed by atoms with Crippen molar-refractivity contribution in [1.82, 2.24) is 14.4 Å². The molecule has 3 heterocycles. The third-order valence-corrected chi connectivity index (χ3v) is 3.84. The summed E-state index contributed by atoms with van der Waals surface area (Å²) in [7, 11) is 0. The molecule has 4 rings (SSSR count). The highest BCUT2D eigenvalue weighted by atomic mass is 16.3. The Morgan fingerprint density at radius 3 is 2.76 bits per heavy atom. The first-order valence-corrected chi connectivity index (χ1v) is 7.59. The molecule has 7 heteroatoms. The van der Waals surface area contributed by atoms with Gasteiger partial charge in [0.2, 0.25) is 0 Å². The van der Waals surface area contributed by atoms with E-state index in [-0.39, 0.29) is 11.8 Å². The van der Waals surface area contributed by atoms with E-state index in [9.17, 15) is 9.90 Å². The largest absolute Gasteiger partial charge is 0.494 e. The SMILES string of the molecule is Cc1cc(O)n2ccc(C(=O)Nc3ccc(-c4cocn4)cc3)c2n1. The molecule has 0 saturated heterocycles. The van der Waals surface area contributed by atoms with E-state index >= 15 is 0 Å². The highest BCUT2D eigenvalue weighted by Gasteiger charge is 2.15. The molecule has 7 nitrogen and oxygen atoms in total. The zero-order chi connectivity index (χ0) is 17.4. The lowest BCUT2D eigenvalue weighted by atomic mass is 10.1. The first kappa shape index (κ1) is 14.9. The number of aryl methyl sites for hydroxylation is 1. The van der Waals surface area contributed by atoms with Crippen LogP contribution in [0.1, 0.15) is 16.1 Å². The van der Waals surface area contributed by atoms with Crippen LogP contribution in [-0.2, 0) is 0 Å². The summed E-state index contributed by atoms with van der Waals surface area (Å²) in [5, 5.41) is 12.8. The van der Waals surface area contributed by atoms with E-state index in [0.29, 0.717) is 22.6 Å². The minimum absolute atomic E-state index is 0.0403. The molecular weight excluding hydrogens is 320 g/mol. The Morgan fingerprint density at radius 2 is 2.04 bits per heavy atom. The second-order valence-electron chi connectivity index (χ2n) is 5.58. The van der Waals surface area contributed by atoms with Gasteiger partial charge in [-0.1, -0.05) is 12.1 Å². The standard InChI is InChI=1S/C18H14N4O3/c1-11-8-16(23)22-7-6-14(17(22)20-11)18(24)21-13-4-2-12(3-5-13)15-9-25-10-19-15/h2-10,23H,1H3,(H,21,24). The molecule has 4 aromatic rings. The van der Waals surface area contributed by atoms with Crippen LogP contribution in [0.15, 0.2) is 59.7 Å². The Balaban J connectivity index is 1.60. The topological polar surface area (TPSA) is 92.7 Å². The van der Waals surface area contributed by atoms with Crippen molar-refractivity contribution in [3.63, 3.8) is 0 Å². The van der Waals surface area contributed by atoms with Crippen LogP contribution in [0.5, 0.6) is 5.88 Å². The number of aromatic nitrogens is 3. The quantitative estimate of drug-likeness (QED) is 0.600. The number of carbonyl (C=O) groups is 1. The van der Waals surface area contributed by atoms with Gasteiger partial charge in [0.05, 0.1) is 5.56 Å². The molecule has 1 amide bonds. The van der Waals surface area contributed by atoms with E-state index in [1.807, 2.05) is 12.1 Å². The number of fused-ring (bicyclic) bond motifs is 1. The summed E-state index contributed by atoms with van der Waals surface area (Å²) in [5.41, 5.74) is 3.70. The molecule has 0 aliphatic carbocycles. The van der Waals surface area contributed by atoms with Gasteiger partial charge in [0.15, 0.2) is 17.9 Å². The fourth-order valence-electron chi connectivity index (χ4n) is 2.63. The second-order valence-corrected chi connectivity index (χ2v) is 5.58. The average molecular weight is 334 g/mol. The van der Waals surface area contributed by atoms with Crippen molar-refractivity contribution in [3.8, 4) is 17.1 Å². The Hall–Kier alpha value is -3.61. The zero-order valence-corrected chi connectivity index (χ0v) is 13.3. The molecule has 0 radical (unpaired) electrons. The minimum Gasteiger partial charge on any atom is -0.494 e. The van der Waals surface area contributed by atoms with Crippen molar-refractivity contribution in [3.05, 3.63) is 66.5 Å². The van der Waals surface area contributed by atoms with E-state index in [1.54, 1.807) is 37.6 Å². The molecular formula is C18H14N4O3. The smallest absolute Gasteiger partial charge is 0.259 e. The number of amides is 1. The van der Waals surface area contributed by atoms with E-state index in [0.717, 1.165) is 11.3 Å². The maximum absolute atomic E-state index is 12.6. The van der Waals surface area contributed by atoms with Crippen molar-refractivity contribution in [2.24, 2.45) is 0 Å². The van der Waals surface area contributed by atoms with E-state index in [4.69, 9.17) is 4.42 Å². The van der Waals surface area contributed by atoms with Crippen molar-refractivity contribution in [2.75, 3.05) is 5.32 Å². The normalized spacial score (nSPS) is 10.9. The molecule has 0 saturated carbocycles. The minimum atomic E-state index is -0.297. The van der Waals surface area contributed by atoms with Gasteiger partial charge in [-0.3, -0.25) is 9.20 Å². The van der Waals surface area contributed by atoms with Crippen LogP contribution in [0.4, 0.5) is 5.69 Å². The molecule has 0 atom stereocenters. The van der Waals surface area contributed by atoms with Gasteiger partial charge in [0.1, 0.15) is 12.0 Å². The van der Waals surface area contributed by atoms with Crippen molar-refractivity contribution >= 4 is 17.2 Å². The van der Waals surface area contributed by atoms with Gasteiger partial charge in [-0.25, -0.2) is 9.97 Å². The number of aromatic hydroxyl groups is 1. The summed E-state index contributed by atoms with van der Waals surface area (Å²) < 4.78 is 6.43. The molecule has 25 heavy (non-hydrogen) atoms. The van der Waals surface area contributed by atoms with Gasteiger partial charge in [-0.2, -0.15) is 0 Å². The number of anilines is 1. The second kappa shape index (κ2) is 5.79. The van der Waals surface area contributed by atoms with Crippen LogP contribution in [0.2, 0.25) is 0 Å². The Kier molecular flexibility index (Phi) is 3.46. The molecule has 0 bridgehead atoms. The van der Waals surface area contributed by atoms with Crippen molar-refractivity contribution in [2.45, 2.75) is 6.92 Å². The van der Waals surface area contributed by atoms with Crippen LogP contribution in [0.3, 0.4) is 0 Å². The van der Waals surface area contributed by atoms with Gasteiger partial charge in [0, 0.05) is 29.2 Å². The highest BCUT2D eigenvalue weighted by Crippen LogP contribution is 2.22. The number of hydrogen-bond donors (Lipinski definition) is 2. The lowest BCUT2D eigenvalue weighted by molar-refractivity contribution is 0.102. The number of rotatable bonds is 3. The highest BCUT2D eigenvalue weighted by molar-refractivity contribution is 6.08.